The van der Waals surface area contributed by atoms with Crippen molar-refractivity contribution in [2.75, 3.05) is 32.1 Å². The molecular formula is C16H18ClN3O4. The van der Waals surface area contributed by atoms with Gasteiger partial charge in [-0.25, -0.2) is 0 Å². The Bertz CT molecular complexity index is 700. The van der Waals surface area contributed by atoms with Gasteiger partial charge in [0.25, 0.3) is 5.91 Å². The summed E-state index contributed by atoms with van der Waals surface area (Å²) in [5.41, 5.74) is 0.445. The van der Waals surface area contributed by atoms with Crippen molar-refractivity contribution in [3.05, 3.63) is 46.7 Å². The van der Waals surface area contributed by atoms with Crippen molar-refractivity contribution in [1.29, 1.82) is 0 Å². The number of nitrogens with zero attached hydrogens (tertiary/aromatic N) is 2. The summed E-state index contributed by atoms with van der Waals surface area (Å²) < 4.78 is 9.89. The summed E-state index contributed by atoms with van der Waals surface area (Å²) in [6.07, 6.45) is 0. The van der Waals surface area contributed by atoms with E-state index in [2.05, 4.69) is 10.5 Å². The number of carbonyl (C=O) groups excluding carboxylic acids is 2. The van der Waals surface area contributed by atoms with Crippen molar-refractivity contribution < 1.29 is 18.8 Å². The molecule has 128 valence electrons. The van der Waals surface area contributed by atoms with E-state index in [0.717, 1.165) is 0 Å². The van der Waals surface area contributed by atoms with Gasteiger partial charge >= 0.3 is 0 Å². The molecule has 1 aromatic carbocycles. The molecule has 0 radical (unpaired) electrons. The molecule has 2 amide bonds. The number of ether oxygens (including phenoxy) is 1. The lowest BCUT2D eigenvalue weighted by molar-refractivity contribution is -0.117. The lowest BCUT2D eigenvalue weighted by Crippen LogP contribution is -2.40. The molecule has 1 heterocycles. The predicted octanol–water partition coefficient (Wildman–Crippen LogP) is 2.36. The SMILES string of the molecule is COCCN(CC(=O)Nc1cc(C)on1)C(=O)c1ccc(Cl)cc1. The van der Waals surface area contributed by atoms with Crippen molar-refractivity contribution in [2.24, 2.45) is 0 Å². The first-order valence-electron chi connectivity index (χ1n) is 7.26. The molecule has 0 aliphatic carbocycles. The van der Waals surface area contributed by atoms with E-state index in [0.29, 0.717) is 28.8 Å². The van der Waals surface area contributed by atoms with Crippen LogP contribution >= 0.6 is 11.6 Å². The molecule has 1 aromatic heterocycles. The Morgan fingerprint density at radius 3 is 2.62 bits per heavy atom. The average molecular weight is 352 g/mol. The van der Waals surface area contributed by atoms with E-state index in [1.165, 1.54) is 12.0 Å². The summed E-state index contributed by atoms with van der Waals surface area (Å²) in [7, 11) is 1.53. The second kappa shape index (κ2) is 8.47. The van der Waals surface area contributed by atoms with Gasteiger partial charge in [-0.3, -0.25) is 9.59 Å². The Kier molecular flexibility index (Phi) is 6.34. The van der Waals surface area contributed by atoms with Gasteiger partial charge in [0, 0.05) is 30.3 Å². The van der Waals surface area contributed by atoms with E-state index < -0.39 is 0 Å². The number of carbonyl (C=O) groups is 2. The van der Waals surface area contributed by atoms with Crippen LogP contribution in [0.2, 0.25) is 5.02 Å². The largest absolute Gasteiger partial charge is 0.383 e. The zero-order valence-corrected chi connectivity index (χ0v) is 14.2. The fourth-order valence-corrected chi connectivity index (χ4v) is 2.14. The molecule has 7 nitrogen and oxygen atoms in total. The number of hydrogen-bond acceptors (Lipinski definition) is 5. The van der Waals surface area contributed by atoms with Crippen LogP contribution in [0.1, 0.15) is 16.1 Å². The number of methoxy groups -OCH3 is 1. The number of aryl methyl sites for hydroxylation is 1. The molecule has 0 atom stereocenters. The standard InChI is InChI=1S/C16H18ClN3O4/c1-11-9-14(19-24-11)18-15(21)10-20(7-8-23-2)16(22)12-3-5-13(17)6-4-12/h3-6,9H,7-8,10H2,1-2H3,(H,18,19,21). The first-order valence-corrected chi connectivity index (χ1v) is 7.64. The maximum atomic E-state index is 12.6. The number of aromatic nitrogens is 1. The zero-order valence-electron chi connectivity index (χ0n) is 13.4. The minimum Gasteiger partial charge on any atom is -0.383 e. The third-order valence-corrected chi connectivity index (χ3v) is 3.43. The first kappa shape index (κ1) is 18.0. The van der Waals surface area contributed by atoms with E-state index in [4.69, 9.17) is 20.9 Å². The summed E-state index contributed by atoms with van der Waals surface area (Å²) in [6, 6.07) is 8.08. The van der Waals surface area contributed by atoms with Crippen molar-refractivity contribution in [3.8, 4) is 0 Å². The van der Waals surface area contributed by atoms with Crippen LogP contribution in [0.3, 0.4) is 0 Å². The van der Waals surface area contributed by atoms with Crippen molar-refractivity contribution in [2.45, 2.75) is 6.92 Å². The van der Waals surface area contributed by atoms with Crippen LogP contribution in [0, 0.1) is 6.92 Å². The lowest BCUT2D eigenvalue weighted by atomic mass is 10.2. The molecule has 2 rings (SSSR count). The monoisotopic (exact) mass is 351 g/mol. The van der Waals surface area contributed by atoms with Crippen LogP contribution in [0.4, 0.5) is 5.82 Å². The number of halogens is 1. The topological polar surface area (TPSA) is 84.7 Å². The molecule has 24 heavy (non-hydrogen) atoms. The van der Waals surface area contributed by atoms with Gasteiger partial charge in [-0.15, -0.1) is 0 Å². The van der Waals surface area contributed by atoms with Gasteiger partial charge in [0.15, 0.2) is 5.82 Å². The second-order valence-electron chi connectivity index (χ2n) is 5.10. The number of hydrogen-bond donors (Lipinski definition) is 1. The highest BCUT2D eigenvalue weighted by atomic mass is 35.5. The van der Waals surface area contributed by atoms with E-state index in [1.54, 1.807) is 37.3 Å². The maximum Gasteiger partial charge on any atom is 0.254 e. The van der Waals surface area contributed by atoms with E-state index in [9.17, 15) is 9.59 Å². The fraction of sp³-hybridized carbons (Fsp3) is 0.312. The van der Waals surface area contributed by atoms with Crippen LogP contribution in [0.25, 0.3) is 0 Å². The average Bonchev–Trinajstić information content (AvgIpc) is 2.96. The lowest BCUT2D eigenvalue weighted by Gasteiger charge is -2.21. The van der Waals surface area contributed by atoms with Gasteiger partial charge in [0.05, 0.1) is 6.61 Å². The highest BCUT2D eigenvalue weighted by Crippen LogP contribution is 2.12. The normalized spacial score (nSPS) is 10.5. The highest BCUT2D eigenvalue weighted by molar-refractivity contribution is 6.30. The minimum absolute atomic E-state index is 0.128. The quantitative estimate of drug-likeness (QED) is 0.827. The molecule has 0 fully saturated rings. The van der Waals surface area contributed by atoms with Crippen LogP contribution in [-0.2, 0) is 9.53 Å². The molecule has 8 heteroatoms. The Morgan fingerprint density at radius 2 is 2.04 bits per heavy atom. The third kappa shape index (κ3) is 5.07. The Hall–Kier alpha value is -2.38. The molecule has 0 aliphatic rings. The van der Waals surface area contributed by atoms with Crippen LogP contribution < -0.4 is 5.32 Å². The summed E-state index contributed by atoms with van der Waals surface area (Å²) in [5, 5.41) is 6.81. The van der Waals surface area contributed by atoms with Gasteiger partial charge in [-0.05, 0) is 31.2 Å². The molecule has 0 saturated heterocycles. The Labute approximate surface area is 144 Å². The number of rotatable bonds is 7. The van der Waals surface area contributed by atoms with E-state index in [1.807, 2.05) is 0 Å². The summed E-state index contributed by atoms with van der Waals surface area (Å²) in [4.78, 5) is 26.1. The number of anilines is 1. The number of benzene rings is 1. The molecule has 0 saturated carbocycles. The molecular weight excluding hydrogens is 334 g/mol. The van der Waals surface area contributed by atoms with E-state index in [-0.39, 0.29) is 24.9 Å². The van der Waals surface area contributed by atoms with Gasteiger partial charge in [-0.2, -0.15) is 0 Å². The van der Waals surface area contributed by atoms with Gasteiger partial charge in [-0.1, -0.05) is 16.8 Å². The highest BCUT2D eigenvalue weighted by Gasteiger charge is 2.19. The molecule has 0 unspecified atom stereocenters. The van der Waals surface area contributed by atoms with Crippen molar-refractivity contribution >= 4 is 29.2 Å². The van der Waals surface area contributed by atoms with Crippen LogP contribution in [0.5, 0.6) is 0 Å². The van der Waals surface area contributed by atoms with Crippen LogP contribution in [0.15, 0.2) is 34.9 Å². The van der Waals surface area contributed by atoms with Gasteiger partial charge in [0.1, 0.15) is 12.3 Å². The number of nitrogens with one attached hydrogen (secondary N) is 1. The first-order chi connectivity index (χ1) is 11.5. The molecule has 0 aliphatic heterocycles. The predicted molar refractivity (Wildman–Crippen MR) is 89.1 cm³/mol. The van der Waals surface area contributed by atoms with Crippen molar-refractivity contribution in [3.63, 3.8) is 0 Å². The zero-order chi connectivity index (χ0) is 17.5. The Morgan fingerprint density at radius 1 is 1.33 bits per heavy atom. The summed E-state index contributed by atoms with van der Waals surface area (Å²) in [6.45, 7) is 2.19. The third-order valence-electron chi connectivity index (χ3n) is 3.17. The van der Waals surface area contributed by atoms with E-state index >= 15 is 0 Å². The fourth-order valence-electron chi connectivity index (χ4n) is 2.01. The maximum absolute atomic E-state index is 12.6. The van der Waals surface area contributed by atoms with Gasteiger partial charge in [0.2, 0.25) is 5.91 Å². The van der Waals surface area contributed by atoms with Gasteiger partial charge < -0.3 is 19.5 Å². The summed E-state index contributed by atoms with van der Waals surface area (Å²) in [5.74, 6) is 0.235. The van der Waals surface area contributed by atoms with Crippen molar-refractivity contribution in [1.82, 2.24) is 10.1 Å². The molecule has 0 spiro atoms. The number of amides is 2. The minimum atomic E-state index is -0.373. The second-order valence-corrected chi connectivity index (χ2v) is 5.53. The molecule has 1 N–H and O–H groups in total. The smallest absolute Gasteiger partial charge is 0.254 e. The van der Waals surface area contributed by atoms with Crippen LogP contribution in [-0.4, -0.2) is 48.7 Å². The molecule has 2 aromatic rings. The summed E-state index contributed by atoms with van der Waals surface area (Å²) >= 11 is 5.83. The molecule has 0 bridgehead atoms. The Balaban J connectivity index is 2.05.